The van der Waals surface area contributed by atoms with Crippen LogP contribution in [0, 0.1) is 0 Å². The molecule has 1 aliphatic heterocycles. The molecule has 1 amide bonds. The molecular weight excluding hydrogens is 420 g/mol. The van der Waals surface area contributed by atoms with Crippen LogP contribution in [0.15, 0.2) is 42.7 Å². The van der Waals surface area contributed by atoms with Crippen molar-refractivity contribution >= 4 is 46.1 Å². The molecule has 160 valence electrons. The first-order chi connectivity index (χ1) is 15.0. The number of benzene rings is 1. The fourth-order valence-electron chi connectivity index (χ4n) is 3.50. The molecule has 31 heavy (non-hydrogen) atoms. The molecule has 0 aliphatic carbocycles. The second kappa shape index (κ2) is 9.13. The molecule has 1 aliphatic rings. The Morgan fingerprint density at radius 3 is 2.61 bits per heavy atom. The van der Waals surface area contributed by atoms with Crippen LogP contribution >= 0.6 is 11.6 Å². The molecule has 0 atom stereocenters. The molecule has 10 heteroatoms. The lowest BCUT2D eigenvalue weighted by molar-refractivity contribution is -0.144. The van der Waals surface area contributed by atoms with Crippen LogP contribution in [0.5, 0.6) is 0 Å². The highest BCUT2D eigenvalue weighted by molar-refractivity contribution is 6.31. The van der Waals surface area contributed by atoms with Crippen molar-refractivity contribution in [3.05, 3.63) is 53.3 Å². The molecule has 3 heterocycles. The molecule has 1 saturated heterocycles. The summed E-state index contributed by atoms with van der Waals surface area (Å²) >= 11 is 6.20. The molecule has 4 rings (SSSR count). The number of rotatable bonds is 6. The number of aromatic nitrogens is 3. The Morgan fingerprint density at radius 2 is 1.87 bits per heavy atom. The van der Waals surface area contributed by atoms with Crippen molar-refractivity contribution in [3.63, 3.8) is 0 Å². The Hall–Kier alpha value is -3.46. The Labute approximate surface area is 183 Å². The normalized spacial score (nSPS) is 14.0. The van der Waals surface area contributed by atoms with Crippen molar-refractivity contribution in [2.75, 3.05) is 36.4 Å². The number of carbonyl (C=O) groups is 2. The molecule has 2 aromatic heterocycles. The minimum absolute atomic E-state index is 0.365. The van der Waals surface area contributed by atoms with Gasteiger partial charge in [-0.1, -0.05) is 29.8 Å². The second-order valence-corrected chi connectivity index (χ2v) is 7.55. The van der Waals surface area contributed by atoms with E-state index in [1.54, 1.807) is 17.3 Å². The quantitative estimate of drug-likeness (QED) is 0.562. The van der Waals surface area contributed by atoms with Crippen LogP contribution in [0.4, 0.5) is 11.8 Å². The fourth-order valence-corrected chi connectivity index (χ4v) is 3.71. The number of anilines is 2. The van der Waals surface area contributed by atoms with Gasteiger partial charge >= 0.3 is 5.97 Å². The number of amides is 1. The molecule has 2 N–H and O–H groups in total. The summed E-state index contributed by atoms with van der Waals surface area (Å²) < 4.78 is 0. The van der Waals surface area contributed by atoms with Crippen LogP contribution in [-0.2, 0) is 16.1 Å². The molecule has 1 aromatic carbocycles. The zero-order valence-electron chi connectivity index (χ0n) is 16.7. The number of piperazine rings is 1. The van der Waals surface area contributed by atoms with E-state index in [1.807, 2.05) is 30.3 Å². The summed E-state index contributed by atoms with van der Waals surface area (Å²) in [6.45, 7) is 2.52. The summed E-state index contributed by atoms with van der Waals surface area (Å²) in [6, 6.07) is 9.42. The maximum atomic E-state index is 12.0. The monoisotopic (exact) mass is 440 g/mol. The zero-order valence-corrected chi connectivity index (χ0v) is 17.4. The summed E-state index contributed by atoms with van der Waals surface area (Å²) in [5.41, 5.74) is 1.71. The van der Waals surface area contributed by atoms with Gasteiger partial charge in [0.05, 0.1) is 10.9 Å². The number of hydrogen-bond acceptors (Lipinski definition) is 7. The molecular formula is C21H21ClN6O3. The van der Waals surface area contributed by atoms with Gasteiger partial charge in [-0.25, -0.2) is 15.0 Å². The van der Waals surface area contributed by atoms with E-state index in [0.717, 1.165) is 22.3 Å². The fraction of sp³-hybridized carbons (Fsp3) is 0.286. The van der Waals surface area contributed by atoms with Crippen molar-refractivity contribution in [2.24, 2.45) is 0 Å². The van der Waals surface area contributed by atoms with Gasteiger partial charge in [-0.15, -0.1) is 0 Å². The van der Waals surface area contributed by atoms with Gasteiger partial charge in [0.2, 0.25) is 11.9 Å². The predicted octanol–water partition coefficient (Wildman–Crippen LogP) is 2.41. The van der Waals surface area contributed by atoms with E-state index >= 15 is 0 Å². The van der Waals surface area contributed by atoms with Crippen molar-refractivity contribution < 1.29 is 14.7 Å². The smallest absolute Gasteiger partial charge is 0.312 e. The van der Waals surface area contributed by atoms with Crippen LogP contribution in [0.25, 0.3) is 10.9 Å². The number of hydrogen-bond donors (Lipinski definition) is 2. The SMILES string of the molecule is O=C(O)CC(=O)N1CCN(c2nccc3nc(NCc4ccccc4Cl)ncc23)CC1. The van der Waals surface area contributed by atoms with E-state index in [0.29, 0.717) is 43.7 Å². The number of nitrogens with one attached hydrogen (secondary N) is 1. The van der Waals surface area contributed by atoms with E-state index < -0.39 is 12.4 Å². The summed E-state index contributed by atoms with van der Waals surface area (Å²) in [5.74, 6) is -0.232. The minimum Gasteiger partial charge on any atom is -0.481 e. The highest BCUT2D eigenvalue weighted by Gasteiger charge is 2.24. The summed E-state index contributed by atoms with van der Waals surface area (Å²) in [4.78, 5) is 39.9. The zero-order chi connectivity index (χ0) is 21.8. The molecule has 3 aromatic rings. The highest BCUT2D eigenvalue weighted by atomic mass is 35.5. The number of halogens is 1. The standard InChI is InChI=1S/C21H21ClN6O3/c22-16-4-2-1-3-14(16)12-24-21-25-13-15-17(26-21)5-6-23-20(15)28-9-7-27(8-10-28)18(29)11-19(30)31/h1-6,13H,7-12H2,(H,30,31)(H,24,25,26). The largest absolute Gasteiger partial charge is 0.481 e. The first-order valence-electron chi connectivity index (χ1n) is 9.85. The van der Waals surface area contributed by atoms with Crippen LogP contribution in [0.2, 0.25) is 5.02 Å². The Bertz CT molecular complexity index is 1120. The molecule has 1 fully saturated rings. The highest BCUT2D eigenvalue weighted by Crippen LogP contribution is 2.25. The first-order valence-corrected chi connectivity index (χ1v) is 10.2. The van der Waals surface area contributed by atoms with Crippen molar-refractivity contribution in [3.8, 4) is 0 Å². The van der Waals surface area contributed by atoms with Gasteiger partial charge in [-0.3, -0.25) is 9.59 Å². The molecule has 0 bridgehead atoms. The molecule has 0 saturated carbocycles. The average molecular weight is 441 g/mol. The van der Waals surface area contributed by atoms with Crippen molar-refractivity contribution in [1.82, 2.24) is 19.9 Å². The average Bonchev–Trinajstić information content (AvgIpc) is 2.77. The van der Waals surface area contributed by atoms with Crippen LogP contribution in [-0.4, -0.2) is 63.0 Å². The Morgan fingerprint density at radius 1 is 1.10 bits per heavy atom. The van der Waals surface area contributed by atoms with Crippen LogP contribution in [0.3, 0.4) is 0 Å². The number of fused-ring (bicyclic) bond motifs is 1. The van der Waals surface area contributed by atoms with Crippen LogP contribution < -0.4 is 10.2 Å². The predicted molar refractivity (Wildman–Crippen MR) is 117 cm³/mol. The van der Waals surface area contributed by atoms with Gasteiger partial charge < -0.3 is 20.2 Å². The molecule has 0 spiro atoms. The van der Waals surface area contributed by atoms with Gasteiger partial charge in [-0.2, -0.15) is 0 Å². The maximum Gasteiger partial charge on any atom is 0.312 e. The van der Waals surface area contributed by atoms with Crippen molar-refractivity contribution in [2.45, 2.75) is 13.0 Å². The van der Waals surface area contributed by atoms with Gasteiger partial charge in [-0.05, 0) is 17.7 Å². The third-order valence-corrected chi connectivity index (χ3v) is 5.49. The number of carboxylic acid groups (broad SMARTS) is 1. The van der Waals surface area contributed by atoms with E-state index in [9.17, 15) is 9.59 Å². The summed E-state index contributed by atoms with van der Waals surface area (Å²) in [6.07, 6.45) is 2.95. The lowest BCUT2D eigenvalue weighted by Gasteiger charge is -2.35. The lowest BCUT2D eigenvalue weighted by Crippen LogP contribution is -2.49. The third kappa shape index (κ3) is 4.83. The second-order valence-electron chi connectivity index (χ2n) is 7.14. The Balaban J connectivity index is 1.46. The maximum absolute atomic E-state index is 12.0. The number of carboxylic acids is 1. The van der Waals surface area contributed by atoms with Gasteiger partial charge in [0, 0.05) is 50.1 Å². The van der Waals surface area contributed by atoms with Gasteiger partial charge in [0.1, 0.15) is 12.2 Å². The van der Waals surface area contributed by atoms with Gasteiger partial charge in [0.25, 0.3) is 0 Å². The topological polar surface area (TPSA) is 112 Å². The van der Waals surface area contributed by atoms with Gasteiger partial charge in [0.15, 0.2) is 0 Å². The number of carbonyl (C=O) groups excluding carboxylic acids is 1. The summed E-state index contributed by atoms with van der Waals surface area (Å²) in [5, 5.41) is 13.5. The van der Waals surface area contributed by atoms with E-state index in [-0.39, 0.29) is 5.91 Å². The first kappa shape index (κ1) is 20.8. The molecule has 0 unspecified atom stereocenters. The van der Waals surface area contributed by atoms with Crippen molar-refractivity contribution in [1.29, 1.82) is 0 Å². The third-order valence-electron chi connectivity index (χ3n) is 5.12. The molecule has 9 nitrogen and oxygen atoms in total. The minimum atomic E-state index is -1.11. The number of pyridine rings is 1. The van der Waals surface area contributed by atoms with E-state index in [4.69, 9.17) is 16.7 Å². The summed E-state index contributed by atoms with van der Waals surface area (Å²) in [7, 11) is 0. The Kier molecular flexibility index (Phi) is 6.13. The molecule has 0 radical (unpaired) electrons. The number of aliphatic carboxylic acids is 1. The van der Waals surface area contributed by atoms with E-state index in [2.05, 4.69) is 25.2 Å². The number of nitrogens with zero attached hydrogens (tertiary/aromatic N) is 5. The van der Waals surface area contributed by atoms with Crippen LogP contribution in [0.1, 0.15) is 12.0 Å². The van der Waals surface area contributed by atoms with E-state index in [1.165, 1.54) is 0 Å². The lowest BCUT2D eigenvalue weighted by atomic mass is 10.2.